The van der Waals surface area contributed by atoms with Crippen molar-refractivity contribution in [1.82, 2.24) is 9.97 Å². The highest BCUT2D eigenvalue weighted by atomic mass is 35.5. The van der Waals surface area contributed by atoms with Gasteiger partial charge in [0.2, 0.25) is 0 Å². The monoisotopic (exact) mass is 289 g/mol. The summed E-state index contributed by atoms with van der Waals surface area (Å²) in [5.74, 6) is 1.00. The lowest BCUT2D eigenvalue weighted by Gasteiger charge is -2.03. The van der Waals surface area contributed by atoms with Crippen molar-refractivity contribution in [2.24, 2.45) is 0 Å². The maximum Gasteiger partial charge on any atom is 0.262 e. The molecule has 2 rings (SSSR count). The Balaban J connectivity index is 2.33. The summed E-state index contributed by atoms with van der Waals surface area (Å²) in [7, 11) is 0. The molecule has 0 aliphatic heterocycles. The fourth-order valence-electron chi connectivity index (χ4n) is 1.10. The molecule has 0 aromatic carbocycles. The average molecular weight is 290 g/mol. The number of nitrogens with zero attached hydrogens (tertiary/aromatic N) is 2. The van der Waals surface area contributed by atoms with Gasteiger partial charge in [0, 0.05) is 0 Å². The van der Waals surface area contributed by atoms with Crippen molar-refractivity contribution in [3.63, 3.8) is 0 Å². The highest BCUT2D eigenvalue weighted by Gasteiger charge is 2.13. The van der Waals surface area contributed by atoms with Crippen LogP contribution in [0.1, 0.15) is 11.5 Å². The van der Waals surface area contributed by atoms with Crippen molar-refractivity contribution in [1.29, 1.82) is 0 Å². The SMILES string of the molecule is Cc1nc(Sc2nc(N)c(Cl)cc2Cl)oc1C. The van der Waals surface area contributed by atoms with E-state index in [1.807, 2.05) is 13.8 Å². The smallest absolute Gasteiger partial charge is 0.262 e. The Morgan fingerprint density at radius 3 is 2.53 bits per heavy atom. The van der Waals surface area contributed by atoms with Gasteiger partial charge < -0.3 is 10.2 Å². The van der Waals surface area contributed by atoms with E-state index in [-0.39, 0.29) is 5.82 Å². The zero-order valence-electron chi connectivity index (χ0n) is 9.12. The zero-order valence-corrected chi connectivity index (χ0v) is 11.4. The fraction of sp³-hybridized carbons (Fsp3) is 0.200. The summed E-state index contributed by atoms with van der Waals surface area (Å²) in [6.07, 6.45) is 0. The molecule has 2 aromatic heterocycles. The Morgan fingerprint density at radius 1 is 1.24 bits per heavy atom. The van der Waals surface area contributed by atoms with Gasteiger partial charge >= 0.3 is 0 Å². The van der Waals surface area contributed by atoms with Crippen LogP contribution in [0.25, 0.3) is 0 Å². The van der Waals surface area contributed by atoms with Crippen molar-refractivity contribution < 1.29 is 4.42 Å². The second kappa shape index (κ2) is 4.76. The molecule has 2 N–H and O–H groups in total. The van der Waals surface area contributed by atoms with E-state index in [2.05, 4.69) is 9.97 Å². The summed E-state index contributed by atoms with van der Waals surface area (Å²) in [5, 5.41) is 1.76. The van der Waals surface area contributed by atoms with E-state index in [1.54, 1.807) is 6.07 Å². The lowest BCUT2D eigenvalue weighted by Crippen LogP contribution is -1.93. The van der Waals surface area contributed by atoms with Crippen LogP contribution in [-0.4, -0.2) is 9.97 Å². The maximum absolute atomic E-state index is 6.01. The van der Waals surface area contributed by atoms with E-state index in [0.717, 1.165) is 11.5 Å². The van der Waals surface area contributed by atoms with Crippen molar-refractivity contribution in [3.05, 3.63) is 27.6 Å². The molecule has 0 saturated heterocycles. The molecule has 0 unspecified atom stereocenters. The van der Waals surface area contributed by atoms with Crippen LogP contribution in [-0.2, 0) is 0 Å². The highest BCUT2D eigenvalue weighted by Crippen LogP contribution is 2.35. The topological polar surface area (TPSA) is 64.9 Å². The van der Waals surface area contributed by atoms with E-state index in [9.17, 15) is 0 Å². The third-order valence-electron chi connectivity index (χ3n) is 2.12. The molecule has 0 amide bonds. The van der Waals surface area contributed by atoms with Crippen LogP contribution < -0.4 is 5.73 Å². The predicted octanol–water partition coefficient (Wildman–Crippen LogP) is 3.73. The lowest BCUT2D eigenvalue weighted by atomic mass is 10.4. The van der Waals surface area contributed by atoms with E-state index < -0.39 is 0 Å². The standard InChI is InChI=1S/C10H9Cl2N3OS/c1-4-5(2)16-10(14-4)17-9-7(12)3-6(11)8(13)15-9/h3H,1-2H3,(H2,13,15). The predicted molar refractivity (Wildman–Crippen MR) is 68.8 cm³/mol. The Bertz CT molecular complexity index is 551. The first-order valence-corrected chi connectivity index (χ1v) is 6.28. The molecule has 17 heavy (non-hydrogen) atoms. The summed E-state index contributed by atoms with van der Waals surface area (Å²) >= 11 is 13.0. The molecule has 0 atom stereocenters. The van der Waals surface area contributed by atoms with Gasteiger partial charge in [-0.05, 0) is 31.7 Å². The van der Waals surface area contributed by atoms with Crippen LogP contribution in [0.2, 0.25) is 10.0 Å². The van der Waals surface area contributed by atoms with Crippen LogP contribution >= 0.6 is 35.0 Å². The summed E-state index contributed by atoms with van der Waals surface area (Å²) < 4.78 is 5.42. The second-order valence-electron chi connectivity index (χ2n) is 3.37. The number of aromatic nitrogens is 2. The molecule has 0 radical (unpaired) electrons. The van der Waals surface area contributed by atoms with E-state index in [4.69, 9.17) is 33.4 Å². The summed E-state index contributed by atoms with van der Waals surface area (Å²) in [6, 6.07) is 1.55. The Kier molecular flexibility index (Phi) is 3.51. The molecular formula is C10H9Cl2N3OS. The van der Waals surface area contributed by atoms with Gasteiger partial charge in [-0.1, -0.05) is 23.2 Å². The molecule has 2 aromatic rings. The van der Waals surface area contributed by atoms with Gasteiger partial charge in [-0.2, -0.15) is 0 Å². The van der Waals surface area contributed by atoms with Gasteiger partial charge in [-0.15, -0.1) is 0 Å². The first kappa shape index (κ1) is 12.5. The van der Waals surface area contributed by atoms with Crippen molar-refractivity contribution in [3.8, 4) is 0 Å². The van der Waals surface area contributed by atoms with Crippen LogP contribution in [0, 0.1) is 13.8 Å². The molecule has 0 aliphatic carbocycles. The van der Waals surface area contributed by atoms with Crippen LogP contribution in [0.5, 0.6) is 0 Å². The minimum absolute atomic E-state index is 0.235. The molecule has 0 spiro atoms. The van der Waals surface area contributed by atoms with Gasteiger partial charge in [-0.3, -0.25) is 0 Å². The normalized spacial score (nSPS) is 10.8. The fourth-order valence-corrected chi connectivity index (χ4v) is 2.39. The highest BCUT2D eigenvalue weighted by molar-refractivity contribution is 7.99. The summed E-state index contributed by atoms with van der Waals surface area (Å²) in [4.78, 5) is 8.31. The molecular weight excluding hydrogens is 281 g/mol. The molecule has 0 bridgehead atoms. The van der Waals surface area contributed by atoms with Crippen LogP contribution in [0.4, 0.5) is 5.82 Å². The number of halogens is 2. The average Bonchev–Trinajstić information content (AvgIpc) is 2.55. The minimum atomic E-state index is 0.235. The third kappa shape index (κ3) is 2.68. The lowest BCUT2D eigenvalue weighted by molar-refractivity contribution is 0.431. The number of aryl methyl sites for hydroxylation is 2. The minimum Gasteiger partial charge on any atom is -0.436 e. The molecule has 0 saturated carbocycles. The van der Waals surface area contributed by atoms with Crippen LogP contribution in [0.15, 0.2) is 20.7 Å². The molecule has 0 aliphatic rings. The first-order valence-electron chi connectivity index (χ1n) is 4.70. The van der Waals surface area contributed by atoms with E-state index in [1.165, 1.54) is 11.8 Å². The maximum atomic E-state index is 6.01. The Morgan fingerprint density at radius 2 is 1.94 bits per heavy atom. The van der Waals surface area contributed by atoms with Crippen molar-refractivity contribution in [2.75, 3.05) is 5.73 Å². The zero-order chi connectivity index (χ0) is 12.6. The largest absolute Gasteiger partial charge is 0.436 e. The number of oxazole rings is 1. The number of hydrogen-bond acceptors (Lipinski definition) is 5. The van der Waals surface area contributed by atoms with E-state index >= 15 is 0 Å². The van der Waals surface area contributed by atoms with Gasteiger partial charge in [0.15, 0.2) is 0 Å². The number of anilines is 1. The van der Waals surface area contributed by atoms with Gasteiger partial charge in [0.05, 0.1) is 15.7 Å². The molecule has 7 heteroatoms. The first-order chi connectivity index (χ1) is 7.97. The third-order valence-corrected chi connectivity index (χ3v) is 3.67. The van der Waals surface area contributed by atoms with Gasteiger partial charge in [0.25, 0.3) is 5.22 Å². The molecule has 0 fully saturated rings. The second-order valence-corrected chi connectivity index (χ2v) is 5.12. The number of pyridine rings is 1. The summed E-state index contributed by atoms with van der Waals surface area (Å²) in [5.41, 5.74) is 6.45. The van der Waals surface area contributed by atoms with Crippen molar-refractivity contribution >= 4 is 40.8 Å². The Hall–Kier alpha value is -0.910. The number of nitrogen functional groups attached to an aromatic ring is 1. The molecule has 90 valence electrons. The van der Waals surface area contributed by atoms with Gasteiger partial charge in [0.1, 0.15) is 16.6 Å². The van der Waals surface area contributed by atoms with Crippen molar-refractivity contribution in [2.45, 2.75) is 24.1 Å². The number of nitrogens with two attached hydrogens (primary N) is 1. The van der Waals surface area contributed by atoms with E-state index in [0.29, 0.717) is 20.3 Å². The molecule has 2 heterocycles. The number of rotatable bonds is 2. The Labute approximate surface area is 113 Å². The number of hydrogen-bond donors (Lipinski definition) is 1. The quantitative estimate of drug-likeness (QED) is 0.913. The van der Waals surface area contributed by atoms with Gasteiger partial charge in [-0.25, -0.2) is 9.97 Å². The summed E-state index contributed by atoms with van der Waals surface area (Å²) in [6.45, 7) is 3.71. The molecule has 4 nitrogen and oxygen atoms in total. The van der Waals surface area contributed by atoms with Crippen LogP contribution in [0.3, 0.4) is 0 Å².